The molecular formula is C22H19Cl3N2O3. The van der Waals surface area contributed by atoms with Crippen LogP contribution >= 0.6 is 34.8 Å². The Balaban J connectivity index is 1.65. The summed E-state index contributed by atoms with van der Waals surface area (Å²) in [6.07, 6.45) is 0. The Labute approximate surface area is 189 Å². The van der Waals surface area contributed by atoms with Crippen LogP contribution < -0.4 is 20.1 Å². The molecule has 0 spiro atoms. The molecule has 0 unspecified atom stereocenters. The zero-order valence-electron chi connectivity index (χ0n) is 16.0. The predicted molar refractivity (Wildman–Crippen MR) is 122 cm³/mol. The Kier molecular flexibility index (Phi) is 7.69. The molecular weight excluding hydrogens is 447 g/mol. The second-order valence-electron chi connectivity index (χ2n) is 6.29. The first-order chi connectivity index (χ1) is 14.5. The largest absolute Gasteiger partial charge is 0.493 e. The van der Waals surface area contributed by atoms with Gasteiger partial charge in [-0.05, 0) is 48.0 Å². The van der Waals surface area contributed by atoms with Crippen molar-refractivity contribution in [3.05, 3.63) is 81.3 Å². The highest BCUT2D eigenvalue weighted by Crippen LogP contribution is 2.37. The van der Waals surface area contributed by atoms with Gasteiger partial charge in [0, 0.05) is 17.3 Å². The van der Waals surface area contributed by atoms with Crippen LogP contribution in [0.25, 0.3) is 0 Å². The summed E-state index contributed by atoms with van der Waals surface area (Å²) in [6, 6.07) is 17.9. The van der Waals surface area contributed by atoms with E-state index in [4.69, 9.17) is 44.3 Å². The topological polar surface area (TPSA) is 59.6 Å². The Bertz CT molecular complexity index is 1030. The maximum Gasteiger partial charge on any atom is 0.262 e. The molecule has 8 heteroatoms. The standard InChI is InChI=1S/C22H19Cl3N2O3/c1-29-20-10-14(12-26-19-8-7-15(23)11-17(19)24)9-18(25)22(20)30-13-21(28)27-16-5-3-2-4-6-16/h2-11,26H,12-13H2,1H3,(H,27,28). The van der Waals surface area contributed by atoms with E-state index in [1.807, 2.05) is 18.2 Å². The molecule has 5 nitrogen and oxygen atoms in total. The van der Waals surface area contributed by atoms with Crippen LogP contribution in [0.2, 0.25) is 15.1 Å². The van der Waals surface area contributed by atoms with E-state index >= 15 is 0 Å². The van der Waals surface area contributed by atoms with Crippen molar-refractivity contribution in [2.45, 2.75) is 6.54 Å². The van der Waals surface area contributed by atoms with Crippen LogP contribution in [0.15, 0.2) is 60.7 Å². The van der Waals surface area contributed by atoms with Gasteiger partial charge >= 0.3 is 0 Å². The van der Waals surface area contributed by atoms with Crippen molar-refractivity contribution in [1.82, 2.24) is 0 Å². The zero-order valence-corrected chi connectivity index (χ0v) is 18.3. The molecule has 0 aromatic heterocycles. The number of nitrogens with one attached hydrogen (secondary N) is 2. The fourth-order valence-corrected chi connectivity index (χ4v) is 3.46. The van der Waals surface area contributed by atoms with Gasteiger partial charge in [0.25, 0.3) is 5.91 Å². The van der Waals surface area contributed by atoms with Gasteiger partial charge in [0.15, 0.2) is 18.1 Å². The summed E-state index contributed by atoms with van der Waals surface area (Å²) in [5, 5.41) is 7.39. The van der Waals surface area contributed by atoms with Gasteiger partial charge in [0.1, 0.15) is 0 Å². The molecule has 1 amide bonds. The third-order valence-corrected chi connectivity index (χ3v) is 4.94. The normalized spacial score (nSPS) is 10.4. The number of carbonyl (C=O) groups is 1. The summed E-state index contributed by atoms with van der Waals surface area (Å²) in [6.45, 7) is 0.245. The number of methoxy groups -OCH3 is 1. The molecule has 156 valence electrons. The lowest BCUT2D eigenvalue weighted by molar-refractivity contribution is -0.118. The molecule has 0 aliphatic carbocycles. The van der Waals surface area contributed by atoms with E-state index in [1.165, 1.54) is 7.11 Å². The summed E-state index contributed by atoms with van der Waals surface area (Å²) < 4.78 is 11.0. The molecule has 0 heterocycles. The SMILES string of the molecule is COc1cc(CNc2ccc(Cl)cc2Cl)cc(Cl)c1OCC(=O)Nc1ccccc1. The average molecular weight is 466 g/mol. The lowest BCUT2D eigenvalue weighted by atomic mass is 10.2. The smallest absolute Gasteiger partial charge is 0.262 e. The second kappa shape index (κ2) is 10.4. The summed E-state index contributed by atoms with van der Waals surface area (Å²) >= 11 is 18.5. The van der Waals surface area contributed by atoms with Crippen molar-refractivity contribution in [1.29, 1.82) is 0 Å². The Hall–Kier alpha value is -2.60. The molecule has 0 atom stereocenters. The first-order valence-corrected chi connectivity index (χ1v) is 10.1. The summed E-state index contributed by atoms with van der Waals surface area (Å²) in [7, 11) is 1.51. The zero-order chi connectivity index (χ0) is 21.5. The first kappa shape index (κ1) is 22.1. The van der Waals surface area contributed by atoms with E-state index in [-0.39, 0.29) is 12.5 Å². The van der Waals surface area contributed by atoms with E-state index in [1.54, 1.807) is 42.5 Å². The molecule has 0 bridgehead atoms. The number of para-hydroxylation sites is 1. The van der Waals surface area contributed by atoms with Crippen molar-refractivity contribution in [2.24, 2.45) is 0 Å². The molecule has 3 aromatic carbocycles. The fourth-order valence-electron chi connectivity index (χ4n) is 2.70. The molecule has 0 aliphatic rings. The number of anilines is 2. The highest BCUT2D eigenvalue weighted by Gasteiger charge is 2.14. The van der Waals surface area contributed by atoms with Crippen molar-refractivity contribution >= 4 is 52.1 Å². The van der Waals surface area contributed by atoms with Crippen molar-refractivity contribution in [2.75, 3.05) is 24.4 Å². The van der Waals surface area contributed by atoms with Gasteiger partial charge in [-0.3, -0.25) is 4.79 Å². The Morgan fingerprint density at radius 2 is 1.73 bits per heavy atom. The van der Waals surface area contributed by atoms with E-state index in [9.17, 15) is 4.79 Å². The minimum Gasteiger partial charge on any atom is -0.493 e. The maximum absolute atomic E-state index is 12.1. The number of hydrogen-bond donors (Lipinski definition) is 2. The van der Waals surface area contributed by atoms with Crippen molar-refractivity contribution in [3.8, 4) is 11.5 Å². The van der Waals surface area contributed by atoms with Gasteiger partial charge in [0.05, 0.1) is 22.8 Å². The van der Waals surface area contributed by atoms with Crippen molar-refractivity contribution < 1.29 is 14.3 Å². The molecule has 0 saturated heterocycles. The summed E-state index contributed by atoms with van der Waals surface area (Å²) in [5.74, 6) is 0.423. The van der Waals surface area contributed by atoms with Gasteiger partial charge in [0.2, 0.25) is 0 Å². The van der Waals surface area contributed by atoms with Crippen molar-refractivity contribution in [3.63, 3.8) is 0 Å². The fraction of sp³-hybridized carbons (Fsp3) is 0.136. The maximum atomic E-state index is 12.1. The number of hydrogen-bond acceptors (Lipinski definition) is 4. The molecule has 0 radical (unpaired) electrons. The monoisotopic (exact) mass is 464 g/mol. The van der Waals surface area contributed by atoms with E-state index < -0.39 is 0 Å². The van der Waals surface area contributed by atoms with Crippen LogP contribution in [0.3, 0.4) is 0 Å². The average Bonchev–Trinajstić information content (AvgIpc) is 2.72. The molecule has 0 aliphatic heterocycles. The van der Waals surface area contributed by atoms with Gasteiger partial charge in [-0.1, -0.05) is 53.0 Å². The van der Waals surface area contributed by atoms with Crippen LogP contribution in [-0.2, 0) is 11.3 Å². The van der Waals surface area contributed by atoms with Crippen LogP contribution in [0.1, 0.15) is 5.56 Å². The summed E-state index contributed by atoms with van der Waals surface area (Å²) in [5.41, 5.74) is 2.28. The number of amides is 1. The number of ether oxygens (including phenoxy) is 2. The quantitative estimate of drug-likeness (QED) is 0.411. The molecule has 3 rings (SSSR count). The number of rotatable bonds is 8. The van der Waals surface area contributed by atoms with E-state index in [0.717, 1.165) is 11.3 Å². The van der Waals surface area contributed by atoms with Crippen LogP contribution in [-0.4, -0.2) is 19.6 Å². The van der Waals surface area contributed by atoms with Gasteiger partial charge in [-0.25, -0.2) is 0 Å². The number of benzene rings is 3. The van der Waals surface area contributed by atoms with Crippen LogP contribution in [0, 0.1) is 0 Å². The highest BCUT2D eigenvalue weighted by atomic mass is 35.5. The van der Waals surface area contributed by atoms with Crippen LogP contribution in [0.5, 0.6) is 11.5 Å². The van der Waals surface area contributed by atoms with Crippen LogP contribution in [0.4, 0.5) is 11.4 Å². The molecule has 3 aromatic rings. The second-order valence-corrected chi connectivity index (χ2v) is 7.54. The lowest BCUT2D eigenvalue weighted by Crippen LogP contribution is -2.20. The van der Waals surface area contributed by atoms with Gasteiger partial charge in [-0.15, -0.1) is 0 Å². The third kappa shape index (κ3) is 5.95. The minimum absolute atomic E-state index is 0.205. The first-order valence-electron chi connectivity index (χ1n) is 8.99. The predicted octanol–water partition coefficient (Wildman–Crippen LogP) is 6.29. The lowest BCUT2D eigenvalue weighted by Gasteiger charge is -2.15. The third-order valence-electron chi connectivity index (χ3n) is 4.11. The molecule has 0 fully saturated rings. The van der Waals surface area contributed by atoms with Gasteiger partial charge in [-0.2, -0.15) is 0 Å². The molecule has 0 saturated carbocycles. The molecule has 2 N–H and O–H groups in total. The van der Waals surface area contributed by atoms with E-state index in [2.05, 4.69) is 10.6 Å². The Morgan fingerprint density at radius 3 is 2.43 bits per heavy atom. The number of halogens is 3. The van der Waals surface area contributed by atoms with Gasteiger partial charge < -0.3 is 20.1 Å². The summed E-state index contributed by atoms with van der Waals surface area (Å²) in [4.78, 5) is 12.1. The molecule has 30 heavy (non-hydrogen) atoms. The highest BCUT2D eigenvalue weighted by molar-refractivity contribution is 6.36. The van der Waals surface area contributed by atoms with E-state index in [0.29, 0.717) is 38.8 Å². The Morgan fingerprint density at radius 1 is 0.967 bits per heavy atom. The minimum atomic E-state index is -0.303. The number of carbonyl (C=O) groups excluding carboxylic acids is 1.